The van der Waals surface area contributed by atoms with Gasteiger partial charge in [-0.05, 0) is 55.2 Å². The molecule has 2 amide bonds. The van der Waals surface area contributed by atoms with E-state index in [0.29, 0.717) is 10.9 Å². The molecule has 2 atom stereocenters. The molecule has 0 saturated heterocycles. The maximum absolute atomic E-state index is 12.1. The van der Waals surface area contributed by atoms with E-state index in [1.54, 1.807) is 30.5 Å². The smallest absolute Gasteiger partial charge is 0.319 e. The van der Waals surface area contributed by atoms with Crippen LogP contribution in [-0.2, 0) is 6.42 Å². The van der Waals surface area contributed by atoms with Gasteiger partial charge in [0, 0.05) is 23.2 Å². The number of rotatable bonds is 4. The van der Waals surface area contributed by atoms with Crippen LogP contribution in [0.2, 0.25) is 5.02 Å². The van der Waals surface area contributed by atoms with Gasteiger partial charge in [0.1, 0.15) is 5.76 Å². The molecule has 116 valence electrons. The monoisotopic (exact) mass is 318 g/mol. The minimum atomic E-state index is -0.168. The number of carbonyl (C=O) groups excluding carboxylic acids is 1. The maximum atomic E-state index is 12.1. The Morgan fingerprint density at radius 3 is 2.77 bits per heavy atom. The first-order chi connectivity index (χ1) is 10.7. The highest BCUT2D eigenvalue weighted by Crippen LogP contribution is 2.29. The molecule has 3 rings (SSSR count). The van der Waals surface area contributed by atoms with Crippen molar-refractivity contribution in [3.05, 3.63) is 53.4 Å². The van der Waals surface area contributed by atoms with Crippen LogP contribution in [0.4, 0.5) is 10.5 Å². The molecule has 1 aromatic heterocycles. The number of benzene rings is 1. The van der Waals surface area contributed by atoms with Crippen molar-refractivity contribution in [2.75, 3.05) is 5.32 Å². The Kier molecular flexibility index (Phi) is 4.68. The predicted molar refractivity (Wildman–Crippen MR) is 87.1 cm³/mol. The average molecular weight is 319 g/mol. The molecular formula is C17H19ClN2O2. The van der Waals surface area contributed by atoms with E-state index in [1.165, 1.54) is 0 Å². The molecule has 2 N–H and O–H groups in total. The number of urea groups is 1. The highest BCUT2D eigenvalue weighted by atomic mass is 35.5. The Morgan fingerprint density at radius 1 is 1.23 bits per heavy atom. The van der Waals surface area contributed by atoms with Crippen LogP contribution in [-0.4, -0.2) is 12.1 Å². The summed E-state index contributed by atoms with van der Waals surface area (Å²) in [6.07, 6.45) is 5.84. The standard InChI is InChI=1S/C17H19ClN2O2/c18-13-6-8-14(9-7-13)19-17(21)20-16-5-1-3-12(16)11-15-4-2-10-22-15/h2,4,6-10,12,16H,1,3,5,11H2,(H2,19,20,21)/t12-,16+/m1/s1. The third-order valence-corrected chi connectivity index (χ3v) is 4.37. The zero-order chi connectivity index (χ0) is 15.4. The Hall–Kier alpha value is -1.94. The molecule has 1 heterocycles. The minimum Gasteiger partial charge on any atom is -0.469 e. The summed E-state index contributed by atoms with van der Waals surface area (Å²) in [6, 6.07) is 11.0. The van der Waals surface area contributed by atoms with E-state index in [0.717, 1.165) is 37.1 Å². The molecule has 0 radical (unpaired) electrons. The van der Waals surface area contributed by atoms with Crippen LogP contribution in [0, 0.1) is 5.92 Å². The van der Waals surface area contributed by atoms with Crippen molar-refractivity contribution in [1.29, 1.82) is 0 Å². The summed E-state index contributed by atoms with van der Waals surface area (Å²) in [6.45, 7) is 0. The molecule has 0 unspecified atom stereocenters. The number of hydrogen-bond donors (Lipinski definition) is 2. The van der Waals surface area contributed by atoms with Gasteiger partial charge in [0.2, 0.25) is 0 Å². The second-order valence-corrected chi connectivity index (χ2v) is 6.12. The first kappa shape index (κ1) is 15.0. The summed E-state index contributed by atoms with van der Waals surface area (Å²) in [5.41, 5.74) is 0.738. The van der Waals surface area contributed by atoms with Crippen molar-refractivity contribution in [3.63, 3.8) is 0 Å². The molecule has 0 spiro atoms. The number of carbonyl (C=O) groups is 1. The largest absolute Gasteiger partial charge is 0.469 e. The number of anilines is 1. The molecule has 22 heavy (non-hydrogen) atoms. The zero-order valence-corrected chi connectivity index (χ0v) is 13.0. The molecule has 1 saturated carbocycles. The number of halogens is 1. The van der Waals surface area contributed by atoms with Gasteiger partial charge >= 0.3 is 6.03 Å². The molecule has 0 bridgehead atoms. The predicted octanol–water partition coefficient (Wildman–Crippen LogP) is 4.47. The summed E-state index contributed by atoms with van der Waals surface area (Å²) in [5, 5.41) is 6.58. The Morgan fingerprint density at radius 2 is 2.05 bits per heavy atom. The third kappa shape index (κ3) is 3.83. The van der Waals surface area contributed by atoms with Crippen LogP contribution >= 0.6 is 11.6 Å². The fourth-order valence-corrected chi connectivity index (χ4v) is 3.15. The van der Waals surface area contributed by atoms with E-state index in [2.05, 4.69) is 10.6 Å². The van der Waals surface area contributed by atoms with Crippen LogP contribution in [0.5, 0.6) is 0 Å². The van der Waals surface area contributed by atoms with E-state index in [-0.39, 0.29) is 12.1 Å². The van der Waals surface area contributed by atoms with Crippen molar-refractivity contribution in [1.82, 2.24) is 5.32 Å². The SMILES string of the molecule is O=C(Nc1ccc(Cl)cc1)N[C@H]1CCC[C@@H]1Cc1ccco1. The number of furan rings is 1. The molecule has 5 heteroatoms. The van der Waals surface area contributed by atoms with Crippen LogP contribution < -0.4 is 10.6 Å². The van der Waals surface area contributed by atoms with Gasteiger partial charge in [0.05, 0.1) is 6.26 Å². The topological polar surface area (TPSA) is 54.3 Å². The van der Waals surface area contributed by atoms with Crippen molar-refractivity contribution >= 4 is 23.3 Å². The van der Waals surface area contributed by atoms with Gasteiger partial charge in [-0.3, -0.25) is 0 Å². The number of hydrogen-bond acceptors (Lipinski definition) is 2. The van der Waals surface area contributed by atoms with Gasteiger partial charge in [0.25, 0.3) is 0 Å². The first-order valence-electron chi connectivity index (χ1n) is 7.56. The Bertz CT molecular complexity index is 610. The van der Waals surface area contributed by atoms with E-state index in [4.69, 9.17) is 16.0 Å². The number of amides is 2. The summed E-state index contributed by atoms with van der Waals surface area (Å²) in [7, 11) is 0. The average Bonchev–Trinajstić information content (AvgIpc) is 3.15. The van der Waals surface area contributed by atoms with Gasteiger partial charge in [-0.25, -0.2) is 4.79 Å². The molecule has 1 aliphatic rings. The number of nitrogens with one attached hydrogen (secondary N) is 2. The van der Waals surface area contributed by atoms with E-state index >= 15 is 0 Å². The van der Waals surface area contributed by atoms with Crippen molar-refractivity contribution < 1.29 is 9.21 Å². The van der Waals surface area contributed by atoms with Gasteiger partial charge in [-0.15, -0.1) is 0 Å². The molecule has 2 aromatic rings. The second kappa shape index (κ2) is 6.88. The lowest BCUT2D eigenvalue weighted by Gasteiger charge is -2.20. The van der Waals surface area contributed by atoms with Crippen LogP contribution in [0.1, 0.15) is 25.0 Å². The van der Waals surface area contributed by atoms with E-state index < -0.39 is 0 Å². The Balaban J connectivity index is 1.54. The summed E-state index contributed by atoms with van der Waals surface area (Å²) in [4.78, 5) is 12.1. The lowest BCUT2D eigenvalue weighted by molar-refractivity contribution is 0.244. The van der Waals surface area contributed by atoms with Crippen molar-refractivity contribution in [3.8, 4) is 0 Å². The lowest BCUT2D eigenvalue weighted by atomic mass is 9.98. The third-order valence-electron chi connectivity index (χ3n) is 4.12. The molecule has 0 aliphatic heterocycles. The van der Waals surface area contributed by atoms with E-state index in [9.17, 15) is 4.79 Å². The normalized spacial score (nSPS) is 20.8. The van der Waals surface area contributed by atoms with Gasteiger partial charge in [-0.1, -0.05) is 18.0 Å². The molecule has 1 aromatic carbocycles. The second-order valence-electron chi connectivity index (χ2n) is 5.69. The maximum Gasteiger partial charge on any atom is 0.319 e. The van der Waals surface area contributed by atoms with Gasteiger partial charge in [0.15, 0.2) is 0 Å². The fourth-order valence-electron chi connectivity index (χ4n) is 3.03. The lowest BCUT2D eigenvalue weighted by Crippen LogP contribution is -2.40. The quantitative estimate of drug-likeness (QED) is 0.874. The van der Waals surface area contributed by atoms with E-state index in [1.807, 2.05) is 12.1 Å². The van der Waals surface area contributed by atoms with Crippen molar-refractivity contribution in [2.24, 2.45) is 5.92 Å². The molecule has 1 fully saturated rings. The summed E-state index contributed by atoms with van der Waals surface area (Å²) in [5.74, 6) is 1.42. The highest BCUT2D eigenvalue weighted by Gasteiger charge is 2.29. The molecule has 1 aliphatic carbocycles. The van der Waals surface area contributed by atoms with Crippen LogP contribution in [0.3, 0.4) is 0 Å². The summed E-state index contributed by atoms with van der Waals surface area (Å²) < 4.78 is 5.41. The van der Waals surface area contributed by atoms with Crippen molar-refractivity contribution in [2.45, 2.75) is 31.7 Å². The Labute approximate surface area is 134 Å². The van der Waals surface area contributed by atoms with Gasteiger partial charge < -0.3 is 15.1 Å². The van der Waals surface area contributed by atoms with Crippen LogP contribution in [0.25, 0.3) is 0 Å². The van der Waals surface area contributed by atoms with Crippen LogP contribution in [0.15, 0.2) is 47.1 Å². The minimum absolute atomic E-state index is 0.168. The molecular weight excluding hydrogens is 300 g/mol. The first-order valence-corrected chi connectivity index (χ1v) is 7.94. The zero-order valence-electron chi connectivity index (χ0n) is 12.2. The fraction of sp³-hybridized carbons (Fsp3) is 0.353. The highest BCUT2D eigenvalue weighted by molar-refractivity contribution is 6.30. The summed E-state index contributed by atoms with van der Waals surface area (Å²) >= 11 is 5.84. The molecule has 4 nitrogen and oxygen atoms in total. The van der Waals surface area contributed by atoms with Gasteiger partial charge in [-0.2, -0.15) is 0 Å².